The molecule has 8 N–H and O–H groups in total. The van der Waals surface area contributed by atoms with Gasteiger partial charge in [0.2, 0.25) is 5.91 Å². The number of carbonyl (C=O) groups is 3. The fraction of sp³-hybridized carbons (Fsp3) is 0.769. The fourth-order valence-electron chi connectivity index (χ4n) is 2.90. The van der Waals surface area contributed by atoms with E-state index in [0.717, 1.165) is 0 Å². The molecule has 1 rings (SSSR count). The lowest BCUT2D eigenvalue weighted by Gasteiger charge is -2.42. The molecule has 1 aliphatic heterocycles. The van der Waals surface area contributed by atoms with E-state index in [9.17, 15) is 19.5 Å². The third kappa shape index (κ3) is 8.06. The zero-order chi connectivity index (χ0) is 18.5. The van der Waals surface area contributed by atoms with E-state index in [0.29, 0.717) is 0 Å². The zero-order valence-electron chi connectivity index (χ0n) is 14.1. The number of carboxylic acid groups (broad SMARTS) is 2. The summed E-state index contributed by atoms with van der Waals surface area (Å²) in [6.07, 6.45) is 0.0949. The Morgan fingerprint density at radius 3 is 2.27 bits per heavy atom. The molecule has 0 saturated carbocycles. The van der Waals surface area contributed by atoms with Gasteiger partial charge in [-0.2, -0.15) is 0 Å². The van der Waals surface area contributed by atoms with E-state index < -0.39 is 36.5 Å². The quantitative estimate of drug-likeness (QED) is 0.256. The highest BCUT2D eigenvalue weighted by molar-refractivity contribution is 6.40. The largest absolute Gasteiger partial charge is 0.481 e. The average molecular weight is 418 g/mol. The summed E-state index contributed by atoms with van der Waals surface area (Å²) in [6.45, 7) is -0.0291. The number of aliphatic carboxylic acids is 2. The molecule has 0 aliphatic carbocycles. The number of carbonyl (C=O) groups excluding carboxylic acids is 1. The van der Waals surface area contributed by atoms with Gasteiger partial charge in [-0.25, -0.2) is 0 Å². The Hall–Kier alpha value is -1.11. The van der Waals surface area contributed by atoms with Gasteiger partial charge >= 0.3 is 19.1 Å². The highest BCUT2D eigenvalue weighted by Gasteiger charge is 2.44. The average Bonchev–Trinajstić information content (AvgIpc) is 2.49. The molecule has 0 spiro atoms. The molecule has 1 fully saturated rings. The van der Waals surface area contributed by atoms with Crippen LogP contribution in [0.5, 0.6) is 0 Å². The number of nitrogens with zero attached hydrogens (tertiary/aromatic N) is 1. The van der Waals surface area contributed by atoms with Crippen molar-refractivity contribution >= 4 is 49.8 Å². The van der Waals surface area contributed by atoms with Crippen molar-refractivity contribution in [1.82, 2.24) is 4.90 Å². The van der Waals surface area contributed by atoms with Gasteiger partial charge in [-0.1, -0.05) is 6.42 Å². The van der Waals surface area contributed by atoms with Crippen molar-refractivity contribution < 1.29 is 34.6 Å². The first-order valence-corrected chi connectivity index (χ1v) is 7.69. The summed E-state index contributed by atoms with van der Waals surface area (Å²) < 4.78 is 0. The maximum Gasteiger partial charge on any atom is 0.451 e. The van der Waals surface area contributed by atoms with Gasteiger partial charge in [-0.15, -0.1) is 24.8 Å². The number of nitrogens with two attached hydrogens (primary N) is 2. The van der Waals surface area contributed by atoms with Gasteiger partial charge < -0.3 is 36.6 Å². The van der Waals surface area contributed by atoms with Crippen LogP contribution in [0, 0.1) is 5.92 Å². The molecule has 3 atom stereocenters. The highest BCUT2D eigenvalue weighted by Crippen LogP contribution is 2.28. The van der Waals surface area contributed by atoms with E-state index in [-0.39, 0.29) is 75.8 Å². The summed E-state index contributed by atoms with van der Waals surface area (Å²) in [5.74, 6) is -3.21. The van der Waals surface area contributed by atoms with E-state index in [1.54, 1.807) is 0 Å². The van der Waals surface area contributed by atoms with E-state index in [1.165, 1.54) is 4.90 Å². The smallest absolute Gasteiger partial charge is 0.451 e. The van der Waals surface area contributed by atoms with Crippen molar-refractivity contribution in [3.63, 3.8) is 0 Å². The van der Waals surface area contributed by atoms with Gasteiger partial charge in [-0.3, -0.25) is 14.4 Å². The fourth-order valence-corrected chi connectivity index (χ4v) is 2.90. The number of piperidine rings is 1. The molecule has 0 aromatic rings. The predicted octanol–water partition coefficient (Wildman–Crippen LogP) is -1.48. The van der Waals surface area contributed by atoms with Crippen molar-refractivity contribution in [2.45, 2.75) is 43.6 Å². The Kier molecular flexibility index (Phi) is 12.1. The second-order valence-corrected chi connectivity index (χ2v) is 6.35. The van der Waals surface area contributed by atoms with Crippen LogP contribution < -0.4 is 11.5 Å². The van der Waals surface area contributed by atoms with Crippen LogP contribution in [-0.2, 0) is 14.4 Å². The van der Waals surface area contributed by atoms with Crippen LogP contribution in [-0.4, -0.2) is 74.8 Å². The molecule has 0 bridgehead atoms. The van der Waals surface area contributed by atoms with E-state index in [2.05, 4.69) is 0 Å². The minimum absolute atomic E-state index is 0. The third-order valence-electron chi connectivity index (χ3n) is 4.16. The van der Waals surface area contributed by atoms with Crippen molar-refractivity contribution in [3.8, 4) is 0 Å². The van der Waals surface area contributed by atoms with Crippen LogP contribution >= 0.6 is 24.8 Å². The van der Waals surface area contributed by atoms with Gasteiger partial charge in [0, 0.05) is 19.5 Å². The number of halogens is 2. The second kappa shape index (κ2) is 11.6. The number of rotatable bonds is 8. The first kappa shape index (κ1) is 27.1. The summed E-state index contributed by atoms with van der Waals surface area (Å²) in [6, 6.07) is -1.05. The highest BCUT2D eigenvalue weighted by atomic mass is 35.5. The van der Waals surface area contributed by atoms with E-state index >= 15 is 0 Å². The lowest BCUT2D eigenvalue weighted by Crippen LogP contribution is -2.64. The molecule has 0 aromatic carbocycles. The molecule has 1 saturated heterocycles. The number of hydrogen-bond donors (Lipinski definition) is 6. The van der Waals surface area contributed by atoms with Crippen LogP contribution in [0.3, 0.4) is 0 Å². The van der Waals surface area contributed by atoms with Gasteiger partial charge in [0.05, 0.1) is 6.04 Å². The first-order chi connectivity index (χ1) is 11.0. The molecule has 26 heavy (non-hydrogen) atoms. The molecular weight excluding hydrogens is 392 g/mol. The number of carboxylic acids is 2. The Morgan fingerprint density at radius 2 is 1.81 bits per heavy atom. The third-order valence-corrected chi connectivity index (χ3v) is 4.16. The second-order valence-electron chi connectivity index (χ2n) is 6.35. The Balaban J connectivity index is 0. The molecule has 1 aliphatic rings. The molecule has 0 aromatic heterocycles. The summed E-state index contributed by atoms with van der Waals surface area (Å²) in [5, 5.41) is 35.9. The minimum Gasteiger partial charge on any atom is -0.481 e. The summed E-state index contributed by atoms with van der Waals surface area (Å²) in [7, 11) is -1.52. The Labute approximate surface area is 163 Å². The topological polar surface area (TPSA) is 187 Å². The molecular formula is C13H26BCl2N3O7. The van der Waals surface area contributed by atoms with Gasteiger partial charge in [0.15, 0.2) is 0 Å². The maximum absolute atomic E-state index is 12.4. The normalized spacial score (nSPS) is 23.2. The van der Waals surface area contributed by atoms with Gasteiger partial charge in [-0.05, 0) is 25.1 Å². The summed E-state index contributed by atoms with van der Waals surface area (Å²) in [5.41, 5.74) is 9.95. The molecule has 0 radical (unpaired) electrons. The predicted molar refractivity (Wildman–Crippen MR) is 98.2 cm³/mol. The van der Waals surface area contributed by atoms with Crippen LogP contribution in [0.1, 0.15) is 25.7 Å². The van der Waals surface area contributed by atoms with Crippen molar-refractivity contribution in [2.75, 3.05) is 13.1 Å². The first-order valence-electron chi connectivity index (χ1n) is 7.69. The van der Waals surface area contributed by atoms with Crippen LogP contribution in [0.15, 0.2) is 0 Å². The molecule has 152 valence electrons. The van der Waals surface area contributed by atoms with Gasteiger partial charge in [0.25, 0.3) is 0 Å². The lowest BCUT2D eigenvalue weighted by atomic mass is 9.75. The van der Waals surface area contributed by atoms with Crippen molar-refractivity contribution in [1.29, 1.82) is 0 Å². The van der Waals surface area contributed by atoms with Crippen LogP contribution in [0.4, 0.5) is 0 Å². The number of hydrogen-bond acceptors (Lipinski definition) is 7. The van der Waals surface area contributed by atoms with Gasteiger partial charge in [0.1, 0.15) is 5.54 Å². The minimum atomic E-state index is -1.65. The van der Waals surface area contributed by atoms with Crippen LogP contribution in [0.2, 0.25) is 6.32 Å². The maximum atomic E-state index is 12.4. The van der Waals surface area contributed by atoms with E-state index in [1.807, 2.05) is 0 Å². The summed E-state index contributed by atoms with van der Waals surface area (Å²) in [4.78, 5) is 35.6. The molecule has 13 heteroatoms. The summed E-state index contributed by atoms with van der Waals surface area (Å²) >= 11 is 0. The Morgan fingerprint density at radius 1 is 1.23 bits per heavy atom. The van der Waals surface area contributed by atoms with E-state index in [4.69, 9.17) is 26.6 Å². The standard InChI is InChI=1S/C13H24BN3O7.2ClH/c15-9(1-2-10(18)19)11(20)17-6-8(3-4-14(23)24)5-13(16,7-17)12(21)22;;/h8-9,23-24H,1-7,15-16H2,(H,18,19)(H,21,22);2*1H/t8-,9?,13+;;/m0../s1. The molecule has 10 nitrogen and oxygen atoms in total. The molecule has 1 amide bonds. The molecule has 1 unspecified atom stereocenters. The molecule has 1 heterocycles. The SMILES string of the molecule is Cl.Cl.NC(CCC(=O)O)C(=O)N1C[C@@H](CCB(O)O)C[C@](N)(C(=O)O)C1. The van der Waals surface area contributed by atoms with Crippen molar-refractivity contribution in [3.05, 3.63) is 0 Å². The number of amides is 1. The monoisotopic (exact) mass is 417 g/mol. The van der Waals surface area contributed by atoms with Crippen molar-refractivity contribution in [2.24, 2.45) is 17.4 Å². The lowest BCUT2D eigenvalue weighted by molar-refractivity contribution is -0.149. The zero-order valence-corrected chi connectivity index (χ0v) is 15.7. The van der Waals surface area contributed by atoms with Crippen LogP contribution in [0.25, 0.3) is 0 Å². The number of likely N-dealkylation sites (tertiary alicyclic amines) is 1. The Bertz CT molecular complexity index is 500.